The molecule has 0 saturated heterocycles. The highest BCUT2D eigenvalue weighted by Gasteiger charge is 2.30. The Kier molecular flexibility index (Phi) is 3.96. The van der Waals surface area contributed by atoms with E-state index in [1.807, 2.05) is 19.2 Å². The van der Waals surface area contributed by atoms with Crippen LogP contribution in [0.3, 0.4) is 0 Å². The van der Waals surface area contributed by atoms with Crippen molar-refractivity contribution in [2.45, 2.75) is 13.1 Å². The Balaban J connectivity index is 1.92. The highest BCUT2D eigenvalue weighted by molar-refractivity contribution is 5.63. The van der Waals surface area contributed by atoms with Crippen LogP contribution in [0.5, 0.6) is 0 Å². The van der Waals surface area contributed by atoms with Crippen molar-refractivity contribution in [3.05, 3.63) is 54.0 Å². The fraction of sp³-hybridized carbons (Fsp3) is 0.188. The Morgan fingerprint density at radius 2 is 1.92 bits per heavy atom. The number of halogens is 3. The molecular formula is C16H14F3N5. The first-order chi connectivity index (χ1) is 11.3. The summed E-state index contributed by atoms with van der Waals surface area (Å²) in [4.78, 5) is 8.34. The van der Waals surface area contributed by atoms with Crippen LogP contribution in [0.15, 0.2) is 42.9 Å². The van der Waals surface area contributed by atoms with Gasteiger partial charge in [0, 0.05) is 25.0 Å². The van der Waals surface area contributed by atoms with Gasteiger partial charge in [-0.1, -0.05) is 0 Å². The van der Waals surface area contributed by atoms with Gasteiger partial charge in [0.25, 0.3) is 0 Å². The predicted octanol–water partition coefficient (Wildman–Crippen LogP) is 3.95. The van der Waals surface area contributed by atoms with Crippen LogP contribution >= 0.6 is 0 Å². The molecule has 0 radical (unpaired) electrons. The van der Waals surface area contributed by atoms with E-state index in [1.165, 1.54) is 0 Å². The summed E-state index contributed by atoms with van der Waals surface area (Å²) in [6.45, 7) is 1.88. The van der Waals surface area contributed by atoms with Crippen LogP contribution in [0.25, 0.3) is 11.3 Å². The number of hydrogen-bond donors (Lipinski definition) is 1. The van der Waals surface area contributed by atoms with Crippen LogP contribution < -0.4 is 5.32 Å². The molecule has 0 aliphatic heterocycles. The molecule has 5 nitrogen and oxygen atoms in total. The maximum absolute atomic E-state index is 12.8. The molecule has 24 heavy (non-hydrogen) atoms. The molecule has 3 aromatic rings. The van der Waals surface area contributed by atoms with E-state index in [9.17, 15) is 13.2 Å². The van der Waals surface area contributed by atoms with E-state index in [4.69, 9.17) is 0 Å². The van der Waals surface area contributed by atoms with Gasteiger partial charge >= 0.3 is 6.18 Å². The summed E-state index contributed by atoms with van der Waals surface area (Å²) >= 11 is 0. The van der Waals surface area contributed by atoms with Gasteiger partial charge in [-0.3, -0.25) is 4.68 Å². The Morgan fingerprint density at radius 1 is 1.12 bits per heavy atom. The summed E-state index contributed by atoms with van der Waals surface area (Å²) in [7, 11) is 1.80. The van der Waals surface area contributed by atoms with Gasteiger partial charge in [0.05, 0.1) is 17.5 Å². The lowest BCUT2D eigenvalue weighted by molar-refractivity contribution is -0.137. The van der Waals surface area contributed by atoms with Gasteiger partial charge in [-0.2, -0.15) is 18.3 Å². The van der Waals surface area contributed by atoms with Crippen molar-refractivity contribution in [2.75, 3.05) is 5.32 Å². The van der Waals surface area contributed by atoms with Gasteiger partial charge in [0.15, 0.2) is 0 Å². The van der Waals surface area contributed by atoms with Crippen LogP contribution in [0.4, 0.5) is 24.8 Å². The monoisotopic (exact) mass is 333 g/mol. The Morgan fingerprint density at radius 3 is 2.58 bits per heavy atom. The molecule has 124 valence electrons. The average Bonchev–Trinajstić information content (AvgIpc) is 2.93. The second-order valence-corrected chi connectivity index (χ2v) is 5.37. The SMILES string of the molecule is Cc1cc(Nc2cc(C(F)(F)F)ccn2)nc(-c2cnn(C)c2)c1. The third-order valence-electron chi connectivity index (χ3n) is 3.31. The van der Waals surface area contributed by atoms with Gasteiger partial charge in [-0.15, -0.1) is 0 Å². The molecule has 3 aromatic heterocycles. The molecular weight excluding hydrogens is 319 g/mol. The molecule has 1 N–H and O–H groups in total. The van der Waals surface area contributed by atoms with Gasteiger partial charge in [-0.05, 0) is 36.8 Å². The number of rotatable bonds is 3. The highest BCUT2D eigenvalue weighted by Crippen LogP contribution is 2.30. The minimum absolute atomic E-state index is 0.0834. The second kappa shape index (κ2) is 5.95. The maximum atomic E-state index is 12.8. The van der Waals surface area contributed by atoms with E-state index in [-0.39, 0.29) is 5.82 Å². The standard InChI is InChI=1S/C16H14F3N5/c1-10-5-13(11-8-21-24(2)9-11)22-15(6-10)23-14-7-12(3-4-20-14)16(17,18)19/h3-9H,1-2H3,(H,20,22,23). The van der Waals surface area contributed by atoms with Crippen molar-refractivity contribution >= 4 is 11.6 Å². The van der Waals surface area contributed by atoms with Crippen LogP contribution in [-0.4, -0.2) is 19.7 Å². The molecule has 0 unspecified atom stereocenters. The zero-order valence-electron chi connectivity index (χ0n) is 13.0. The first-order valence-corrected chi connectivity index (χ1v) is 7.09. The molecule has 0 atom stereocenters. The molecule has 0 amide bonds. The molecule has 8 heteroatoms. The summed E-state index contributed by atoms with van der Waals surface area (Å²) in [5.74, 6) is 0.501. The summed E-state index contributed by atoms with van der Waals surface area (Å²) < 4.78 is 40.0. The quantitative estimate of drug-likeness (QED) is 0.788. The summed E-state index contributed by atoms with van der Waals surface area (Å²) in [6, 6.07) is 5.49. The third kappa shape index (κ3) is 3.53. The second-order valence-electron chi connectivity index (χ2n) is 5.37. The smallest absolute Gasteiger partial charge is 0.325 e. The first-order valence-electron chi connectivity index (χ1n) is 7.09. The minimum Gasteiger partial charge on any atom is -0.325 e. The van der Waals surface area contributed by atoms with Crippen LogP contribution in [0.2, 0.25) is 0 Å². The van der Waals surface area contributed by atoms with Gasteiger partial charge in [0.2, 0.25) is 0 Å². The molecule has 0 aliphatic rings. The van der Waals surface area contributed by atoms with Gasteiger partial charge in [0.1, 0.15) is 11.6 Å². The zero-order chi connectivity index (χ0) is 17.3. The highest BCUT2D eigenvalue weighted by atomic mass is 19.4. The Hall–Kier alpha value is -2.90. The van der Waals surface area contributed by atoms with Crippen LogP contribution in [0.1, 0.15) is 11.1 Å². The number of nitrogens with one attached hydrogen (secondary N) is 1. The minimum atomic E-state index is -4.42. The van der Waals surface area contributed by atoms with Crippen LogP contribution in [0, 0.1) is 6.92 Å². The number of aryl methyl sites for hydroxylation is 2. The van der Waals surface area contributed by atoms with E-state index in [0.29, 0.717) is 11.5 Å². The van der Waals surface area contributed by atoms with E-state index in [2.05, 4.69) is 20.4 Å². The Bertz CT molecular complexity index is 870. The number of anilines is 2. The van der Waals surface area contributed by atoms with Crippen molar-refractivity contribution in [3.63, 3.8) is 0 Å². The van der Waals surface area contributed by atoms with Crippen LogP contribution in [-0.2, 0) is 13.2 Å². The summed E-state index contributed by atoms with van der Waals surface area (Å²) in [5, 5.41) is 6.92. The van der Waals surface area contributed by atoms with Crippen molar-refractivity contribution in [3.8, 4) is 11.3 Å². The molecule has 0 aromatic carbocycles. The topological polar surface area (TPSA) is 55.6 Å². The normalized spacial score (nSPS) is 11.5. The number of nitrogens with zero attached hydrogens (tertiary/aromatic N) is 4. The number of alkyl halides is 3. The largest absolute Gasteiger partial charge is 0.416 e. The molecule has 0 spiro atoms. The number of pyridine rings is 2. The number of aromatic nitrogens is 4. The predicted molar refractivity (Wildman–Crippen MR) is 83.7 cm³/mol. The van der Waals surface area contributed by atoms with Crippen molar-refractivity contribution in [1.82, 2.24) is 19.7 Å². The lowest BCUT2D eigenvalue weighted by Crippen LogP contribution is -2.06. The molecule has 0 saturated carbocycles. The third-order valence-corrected chi connectivity index (χ3v) is 3.31. The van der Waals surface area contributed by atoms with E-state index >= 15 is 0 Å². The lowest BCUT2D eigenvalue weighted by atomic mass is 10.2. The van der Waals surface area contributed by atoms with Crippen molar-refractivity contribution < 1.29 is 13.2 Å². The van der Waals surface area contributed by atoms with Gasteiger partial charge in [-0.25, -0.2) is 9.97 Å². The zero-order valence-corrected chi connectivity index (χ0v) is 13.0. The summed E-state index contributed by atoms with van der Waals surface area (Å²) in [6.07, 6.45) is 0.186. The lowest BCUT2D eigenvalue weighted by Gasteiger charge is -2.10. The fourth-order valence-corrected chi connectivity index (χ4v) is 2.24. The average molecular weight is 333 g/mol. The molecule has 3 rings (SSSR count). The molecule has 0 bridgehead atoms. The Labute approximate surface area is 136 Å². The maximum Gasteiger partial charge on any atom is 0.416 e. The first kappa shape index (κ1) is 16.0. The molecule has 3 heterocycles. The van der Waals surface area contributed by atoms with Gasteiger partial charge < -0.3 is 5.32 Å². The van der Waals surface area contributed by atoms with E-state index < -0.39 is 11.7 Å². The summed E-state index contributed by atoms with van der Waals surface area (Å²) in [5.41, 5.74) is 1.65. The fourth-order valence-electron chi connectivity index (χ4n) is 2.24. The van der Waals surface area contributed by atoms with E-state index in [0.717, 1.165) is 29.5 Å². The molecule has 0 aliphatic carbocycles. The van der Waals surface area contributed by atoms with E-state index in [1.54, 1.807) is 24.0 Å². The number of hydrogen-bond acceptors (Lipinski definition) is 4. The van der Waals surface area contributed by atoms with Crippen molar-refractivity contribution in [1.29, 1.82) is 0 Å². The van der Waals surface area contributed by atoms with Crippen molar-refractivity contribution in [2.24, 2.45) is 7.05 Å². The molecule has 0 fully saturated rings.